The van der Waals surface area contributed by atoms with E-state index in [4.69, 9.17) is 15.7 Å². The number of carbonyl (C=O) groups excluding carboxylic acids is 1. The number of nitrogens with two attached hydrogens (primary N) is 1. The van der Waals surface area contributed by atoms with E-state index in [2.05, 4.69) is 15.4 Å². The second-order valence-corrected chi connectivity index (χ2v) is 6.93. The summed E-state index contributed by atoms with van der Waals surface area (Å²) < 4.78 is 0. The maximum Gasteiger partial charge on any atom is 0.248 e. The summed E-state index contributed by atoms with van der Waals surface area (Å²) in [5.74, 6) is 0.208. The Morgan fingerprint density at radius 1 is 1.13 bits per heavy atom. The van der Waals surface area contributed by atoms with Crippen LogP contribution in [0.15, 0.2) is 72.7 Å². The summed E-state index contributed by atoms with van der Waals surface area (Å²) in [4.78, 5) is 29.6. The molecule has 2 aromatic heterocycles. The first-order valence-electron chi connectivity index (χ1n) is 9.35. The summed E-state index contributed by atoms with van der Waals surface area (Å²) >= 11 is 0. The van der Waals surface area contributed by atoms with Crippen LogP contribution in [0.4, 0.5) is 0 Å². The van der Waals surface area contributed by atoms with Crippen molar-refractivity contribution >= 4 is 11.5 Å². The normalized spacial score (nSPS) is 14.8. The Morgan fingerprint density at radius 3 is 2.73 bits per heavy atom. The van der Waals surface area contributed by atoms with Crippen molar-refractivity contribution < 1.29 is 9.73 Å². The number of hydrogen-bond acceptors (Lipinski definition) is 6. The number of benzene rings is 1. The Bertz CT molecular complexity index is 1240. The van der Waals surface area contributed by atoms with Gasteiger partial charge in [-0.05, 0) is 43.3 Å². The van der Waals surface area contributed by atoms with Crippen LogP contribution in [-0.2, 0) is 4.94 Å². The molecule has 0 radical (unpaired) electrons. The van der Waals surface area contributed by atoms with Crippen molar-refractivity contribution in [3.05, 3.63) is 89.7 Å². The molecule has 0 saturated heterocycles. The molecule has 1 aromatic carbocycles. The SMILES string of the molecule is Cc1cccc(-c2[nH]c(-c3ccc(C(N)=O)cc3)nc2C2=CC3=CNON3C=C2)n1. The van der Waals surface area contributed by atoms with Crippen molar-refractivity contribution in [3.63, 3.8) is 0 Å². The van der Waals surface area contributed by atoms with Gasteiger partial charge >= 0.3 is 0 Å². The molecule has 0 spiro atoms. The van der Waals surface area contributed by atoms with E-state index in [1.54, 1.807) is 23.4 Å². The van der Waals surface area contributed by atoms with Gasteiger partial charge in [0.15, 0.2) is 0 Å². The highest BCUT2D eigenvalue weighted by atomic mass is 16.8. The zero-order chi connectivity index (χ0) is 20.7. The topological polar surface area (TPSA) is 109 Å². The largest absolute Gasteiger partial charge is 0.366 e. The van der Waals surface area contributed by atoms with E-state index in [1.165, 1.54) is 0 Å². The second kappa shape index (κ2) is 7.02. The minimum Gasteiger partial charge on any atom is -0.366 e. The number of primary amides is 1. The van der Waals surface area contributed by atoms with Crippen LogP contribution in [0.3, 0.4) is 0 Å². The van der Waals surface area contributed by atoms with Gasteiger partial charge in [-0.25, -0.2) is 15.5 Å². The molecule has 1 amide bonds. The van der Waals surface area contributed by atoms with Crippen LogP contribution < -0.4 is 11.2 Å². The Labute approximate surface area is 172 Å². The number of nitrogens with zero attached hydrogens (tertiary/aromatic N) is 3. The summed E-state index contributed by atoms with van der Waals surface area (Å²) in [6.07, 6.45) is 7.50. The molecule has 30 heavy (non-hydrogen) atoms. The number of pyridine rings is 1. The molecule has 2 aliphatic rings. The van der Waals surface area contributed by atoms with Crippen LogP contribution in [0.25, 0.3) is 28.3 Å². The van der Waals surface area contributed by atoms with Crippen molar-refractivity contribution in [1.29, 1.82) is 0 Å². The van der Waals surface area contributed by atoms with Gasteiger partial charge in [0.05, 0.1) is 29.0 Å². The number of rotatable bonds is 4. The van der Waals surface area contributed by atoms with Crippen LogP contribution in [0.5, 0.6) is 0 Å². The van der Waals surface area contributed by atoms with Gasteiger partial charge in [0.25, 0.3) is 0 Å². The average molecular weight is 398 g/mol. The highest BCUT2D eigenvalue weighted by Crippen LogP contribution is 2.33. The summed E-state index contributed by atoms with van der Waals surface area (Å²) in [6.45, 7) is 1.95. The van der Waals surface area contributed by atoms with E-state index in [9.17, 15) is 4.79 Å². The maximum atomic E-state index is 11.4. The molecule has 0 unspecified atom stereocenters. The average Bonchev–Trinajstić information content (AvgIpc) is 3.40. The number of H-pyrrole nitrogens is 1. The molecule has 3 aromatic rings. The van der Waals surface area contributed by atoms with E-state index in [0.717, 1.165) is 39.6 Å². The third kappa shape index (κ3) is 3.15. The van der Waals surface area contributed by atoms with E-state index in [0.29, 0.717) is 11.4 Å². The summed E-state index contributed by atoms with van der Waals surface area (Å²) in [5, 5.41) is 1.63. The van der Waals surface area contributed by atoms with Crippen LogP contribution in [0.1, 0.15) is 21.7 Å². The highest BCUT2D eigenvalue weighted by molar-refractivity contribution is 5.93. The van der Waals surface area contributed by atoms with Crippen molar-refractivity contribution in [2.45, 2.75) is 6.92 Å². The molecule has 0 fully saturated rings. The number of amides is 1. The number of fused-ring (bicyclic) bond motifs is 1. The van der Waals surface area contributed by atoms with Gasteiger partial charge in [-0.3, -0.25) is 9.78 Å². The molecule has 2 aliphatic heterocycles. The molecule has 4 heterocycles. The predicted molar refractivity (Wildman–Crippen MR) is 112 cm³/mol. The second-order valence-electron chi connectivity index (χ2n) is 6.93. The van der Waals surface area contributed by atoms with Crippen molar-refractivity contribution in [1.82, 2.24) is 25.5 Å². The zero-order valence-electron chi connectivity index (χ0n) is 16.1. The van der Waals surface area contributed by atoms with Crippen molar-refractivity contribution in [2.75, 3.05) is 0 Å². The number of allylic oxidation sites excluding steroid dienone is 3. The van der Waals surface area contributed by atoms with Crippen LogP contribution >= 0.6 is 0 Å². The lowest BCUT2D eigenvalue weighted by Gasteiger charge is -2.16. The summed E-state index contributed by atoms with van der Waals surface area (Å²) in [7, 11) is 0. The molecule has 4 N–H and O–H groups in total. The quantitative estimate of drug-likeness (QED) is 0.623. The van der Waals surface area contributed by atoms with Gasteiger partial charge in [0.2, 0.25) is 5.91 Å². The Balaban J connectivity index is 1.63. The van der Waals surface area contributed by atoms with Gasteiger partial charge in [-0.1, -0.05) is 18.2 Å². The third-order valence-electron chi connectivity index (χ3n) is 4.87. The molecule has 8 heteroatoms. The van der Waals surface area contributed by atoms with E-state index >= 15 is 0 Å². The lowest BCUT2D eigenvalue weighted by atomic mass is 10.1. The minimum atomic E-state index is -0.464. The first-order chi connectivity index (χ1) is 14.6. The number of aromatic nitrogens is 3. The Kier molecular flexibility index (Phi) is 4.19. The van der Waals surface area contributed by atoms with Crippen molar-refractivity contribution in [3.8, 4) is 22.8 Å². The van der Waals surface area contributed by atoms with Crippen LogP contribution in [0, 0.1) is 6.92 Å². The smallest absolute Gasteiger partial charge is 0.248 e. The van der Waals surface area contributed by atoms with E-state index in [-0.39, 0.29) is 0 Å². The fourth-order valence-electron chi connectivity index (χ4n) is 3.36. The lowest BCUT2D eigenvalue weighted by molar-refractivity contribution is -0.112. The summed E-state index contributed by atoms with van der Waals surface area (Å²) in [5.41, 5.74) is 14.4. The molecule has 0 bridgehead atoms. The van der Waals surface area contributed by atoms with Gasteiger partial charge in [-0.2, -0.15) is 4.94 Å². The van der Waals surface area contributed by atoms with Gasteiger partial charge in [0.1, 0.15) is 5.82 Å². The van der Waals surface area contributed by atoms with Crippen LogP contribution in [0.2, 0.25) is 0 Å². The molecule has 148 valence electrons. The molecule has 0 atom stereocenters. The number of hydrogen-bond donors (Lipinski definition) is 3. The fourth-order valence-corrected chi connectivity index (χ4v) is 3.36. The summed E-state index contributed by atoms with van der Waals surface area (Å²) in [6, 6.07) is 12.9. The first-order valence-corrected chi connectivity index (χ1v) is 9.35. The number of nitrogens with one attached hydrogen (secondary N) is 2. The Morgan fingerprint density at radius 2 is 1.97 bits per heavy atom. The number of imidazole rings is 1. The van der Waals surface area contributed by atoms with Gasteiger partial charge in [-0.15, -0.1) is 0 Å². The van der Waals surface area contributed by atoms with Crippen LogP contribution in [-0.4, -0.2) is 25.9 Å². The fraction of sp³-hybridized carbons (Fsp3) is 0.0455. The van der Waals surface area contributed by atoms with Crippen molar-refractivity contribution in [2.24, 2.45) is 5.73 Å². The van der Waals surface area contributed by atoms with E-state index in [1.807, 2.05) is 55.6 Å². The predicted octanol–water partition coefficient (Wildman–Crippen LogP) is 3.05. The minimum absolute atomic E-state index is 0.449. The monoisotopic (exact) mass is 398 g/mol. The third-order valence-corrected chi connectivity index (χ3v) is 4.87. The number of aryl methyl sites for hydroxylation is 1. The first kappa shape index (κ1) is 17.9. The zero-order valence-corrected chi connectivity index (χ0v) is 16.1. The highest BCUT2D eigenvalue weighted by Gasteiger charge is 2.22. The molecule has 8 nitrogen and oxygen atoms in total. The molecule has 0 saturated carbocycles. The number of aromatic amines is 1. The molecular weight excluding hydrogens is 380 g/mol. The molecule has 5 rings (SSSR count). The lowest BCUT2D eigenvalue weighted by Crippen LogP contribution is -2.15. The Hall–Kier alpha value is -4.17. The van der Waals surface area contributed by atoms with Gasteiger partial charge in [0, 0.05) is 28.6 Å². The standard InChI is InChI=1S/C22H18N6O2/c1-13-3-2-4-18(25-13)20-19(16-9-10-28-17(11-16)12-24-30-28)26-22(27-20)15-7-5-14(6-8-15)21(23)29/h2-12,24H,1H3,(H2,23,29)(H,26,27). The van der Waals surface area contributed by atoms with Gasteiger partial charge < -0.3 is 10.7 Å². The molecular formula is C22H18N6O2. The van der Waals surface area contributed by atoms with E-state index < -0.39 is 5.91 Å². The number of hydroxylamine groups is 3. The number of carbonyl (C=O) groups is 1. The maximum absolute atomic E-state index is 11.4. The molecule has 0 aliphatic carbocycles.